The molecular weight excluding hydrogens is 314 g/mol. The molecule has 1 aromatic carbocycles. The van der Waals surface area contributed by atoms with Crippen LogP contribution in [0.4, 0.5) is 10.5 Å². The Morgan fingerprint density at radius 3 is 2.56 bits per heavy atom. The number of hydrogen-bond acceptors (Lipinski definition) is 3. The molecule has 2 saturated carbocycles. The lowest BCUT2D eigenvalue weighted by atomic mass is 10.0. The number of amides is 2. The molecule has 2 amide bonds. The number of benzene rings is 1. The molecule has 0 spiro atoms. The second-order valence-electron chi connectivity index (χ2n) is 7.90. The number of carbonyl (C=O) groups excluding carboxylic acids is 1. The molecule has 4 rings (SSSR count). The molecule has 0 aromatic heterocycles. The number of nitrogens with zero attached hydrogens (tertiary/aromatic N) is 1. The summed E-state index contributed by atoms with van der Waals surface area (Å²) in [6, 6.07) is 8.43. The Bertz CT molecular complexity index is 617. The predicted molar refractivity (Wildman–Crippen MR) is 99.2 cm³/mol. The molecule has 1 heterocycles. The minimum Gasteiger partial charge on any atom is -0.495 e. The fourth-order valence-electron chi connectivity index (χ4n) is 4.23. The molecular formula is C20H29N3O2. The molecule has 0 bridgehead atoms. The molecule has 5 nitrogen and oxygen atoms in total. The van der Waals surface area contributed by atoms with Crippen LogP contribution in [0, 0.1) is 11.3 Å². The lowest BCUT2D eigenvalue weighted by Crippen LogP contribution is -2.49. The van der Waals surface area contributed by atoms with Crippen LogP contribution in [-0.2, 0) is 0 Å². The van der Waals surface area contributed by atoms with Crippen molar-refractivity contribution in [2.75, 3.05) is 31.6 Å². The first-order valence-corrected chi connectivity index (χ1v) is 9.62. The highest BCUT2D eigenvalue weighted by Crippen LogP contribution is 2.60. The van der Waals surface area contributed by atoms with Gasteiger partial charge in [0.15, 0.2) is 0 Å². The normalized spacial score (nSPS) is 22.4. The topological polar surface area (TPSA) is 53.6 Å². The van der Waals surface area contributed by atoms with Crippen LogP contribution in [0.5, 0.6) is 5.75 Å². The van der Waals surface area contributed by atoms with Gasteiger partial charge in [0.05, 0.1) is 12.8 Å². The molecule has 2 aliphatic carbocycles. The average molecular weight is 343 g/mol. The summed E-state index contributed by atoms with van der Waals surface area (Å²) in [4.78, 5) is 14.6. The molecule has 1 aliphatic heterocycles. The maximum atomic E-state index is 12.2. The van der Waals surface area contributed by atoms with Crippen molar-refractivity contribution in [3.8, 4) is 5.75 Å². The number of ether oxygens (including phenoxy) is 1. The Balaban J connectivity index is 1.22. The van der Waals surface area contributed by atoms with Gasteiger partial charge in [0.2, 0.25) is 0 Å². The van der Waals surface area contributed by atoms with E-state index in [1.807, 2.05) is 18.2 Å². The van der Waals surface area contributed by atoms with Gasteiger partial charge >= 0.3 is 6.03 Å². The van der Waals surface area contributed by atoms with E-state index in [4.69, 9.17) is 4.74 Å². The van der Waals surface area contributed by atoms with E-state index >= 15 is 0 Å². The molecule has 0 atom stereocenters. The number of para-hydroxylation sites is 2. The van der Waals surface area contributed by atoms with Crippen molar-refractivity contribution >= 4 is 11.7 Å². The smallest absolute Gasteiger partial charge is 0.315 e. The number of methoxy groups -OCH3 is 1. The Kier molecular flexibility index (Phi) is 4.48. The van der Waals surface area contributed by atoms with Gasteiger partial charge < -0.3 is 20.3 Å². The van der Waals surface area contributed by atoms with Crippen molar-refractivity contribution in [3.63, 3.8) is 0 Å². The summed E-state index contributed by atoms with van der Waals surface area (Å²) in [6.07, 6.45) is 7.28. The number of hydrogen-bond donors (Lipinski definition) is 2. The third-order valence-electron chi connectivity index (χ3n) is 6.19. The highest BCUT2D eigenvalue weighted by atomic mass is 16.5. The second kappa shape index (κ2) is 6.77. The van der Waals surface area contributed by atoms with Crippen LogP contribution < -0.4 is 20.3 Å². The van der Waals surface area contributed by atoms with Crippen molar-refractivity contribution in [1.82, 2.24) is 10.6 Å². The van der Waals surface area contributed by atoms with Crippen LogP contribution in [0.3, 0.4) is 0 Å². The molecule has 136 valence electrons. The summed E-state index contributed by atoms with van der Waals surface area (Å²) in [7, 11) is 1.71. The SMILES string of the molecule is COc1ccccc1N1CCC(NC(=O)NCC2(C3CC3)CC2)CC1. The van der Waals surface area contributed by atoms with Gasteiger partial charge in [-0.3, -0.25) is 0 Å². The number of anilines is 1. The molecule has 2 N–H and O–H groups in total. The van der Waals surface area contributed by atoms with Crippen LogP contribution in [0.15, 0.2) is 24.3 Å². The van der Waals surface area contributed by atoms with Gasteiger partial charge in [-0.15, -0.1) is 0 Å². The lowest BCUT2D eigenvalue weighted by Gasteiger charge is -2.34. The zero-order valence-corrected chi connectivity index (χ0v) is 15.1. The summed E-state index contributed by atoms with van der Waals surface area (Å²) < 4.78 is 5.46. The second-order valence-corrected chi connectivity index (χ2v) is 7.90. The highest BCUT2D eigenvalue weighted by Gasteiger charge is 2.53. The van der Waals surface area contributed by atoms with Gasteiger partial charge in [0, 0.05) is 25.7 Å². The Hall–Kier alpha value is -1.91. The number of urea groups is 1. The molecule has 25 heavy (non-hydrogen) atoms. The first kappa shape index (κ1) is 16.6. The average Bonchev–Trinajstić information content (AvgIpc) is 3.54. The van der Waals surface area contributed by atoms with Gasteiger partial charge in [0.1, 0.15) is 5.75 Å². The monoisotopic (exact) mass is 343 g/mol. The van der Waals surface area contributed by atoms with Crippen molar-refractivity contribution in [3.05, 3.63) is 24.3 Å². The fourth-order valence-corrected chi connectivity index (χ4v) is 4.23. The van der Waals surface area contributed by atoms with Crippen molar-refractivity contribution in [2.24, 2.45) is 11.3 Å². The van der Waals surface area contributed by atoms with Crippen LogP contribution in [0.2, 0.25) is 0 Å². The third kappa shape index (κ3) is 3.70. The molecule has 3 aliphatic rings. The maximum Gasteiger partial charge on any atom is 0.315 e. The Morgan fingerprint density at radius 2 is 1.92 bits per heavy atom. The quantitative estimate of drug-likeness (QED) is 0.834. The molecule has 1 aromatic rings. The first-order valence-electron chi connectivity index (χ1n) is 9.62. The lowest BCUT2D eigenvalue weighted by molar-refractivity contribution is 0.230. The molecule has 0 radical (unpaired) electrons. The summed E-state index contributed by atoms with van der Waals surface area (Å²) in [6.45, 7) is 2.75. The van der Waals surface area contributed by atoms with E-state index in [1.54, 1.807) is 7.11 Å². The number of piperidine rings is 1. The molecule has 3 fully saturated rings. The van der Waals surface area contributed by atoms with Crippen LogP contribution >= 0.6 is 0 Å². The Labute approximate surface area is 150 Å². The van der Waals surface area contributed by atoms with Gasteiger partial charge in [-0.25, -0.2) is 4.79 Å². The Morgan fingerprint density at radius 1 is 1.20 bits per heavy atom. The number of nitrogens with one attached hydrogen (secondary N) is 2. The van der Waals surface area contributed by atoms with E-state index in [1.165, 1.54) is 25.7 Å². The molecule has 5 heteroatoms. The number of rotatable bonds is 6. The minimum absolute atomic E-state index is 0.0164. The predicted octanol–water partition coefficient (Wildman–Crippen LogP) is 3.15. The van der Waals surface area contributed by atoms with Gasteiger partial charge in [-0.2, -0.15) is 0 Å². The largest absolute Gasteiger partial charge is 0.495 e. The number of carbonyl (C=O) groups is 1. The van der Waals surface area contributed by atoms with Crippen LogP contribution in [-0.4, -0.2) is 38.8 Å². The van der Waals surface area contributed by atoms with E-state index in [-0.39, 0.29) is 12.1 Å². The van der Waals surface area contributed by atoms with E-state index in [0.717, 1.165) is 49.8 Å². The molecule has 1 saturated heterocycles. The van der Waals surface area contributed by atoms with Gasteiger partial charge in [-0.05, 0) is 62.0 Å². The van der Waals surface area contributed by atoms with Crippen molar-refractivity contribution in [2.45, 2.75) is 44.6 Å². The van der Waals surface area contributed by atoms with E-state index in [2.05, 4.69) is 21.6 Å². The minimum atomic E-state index is 0.0164. The van der Waals surface area contributed by atoms with E-state index in [0.29, 0.717) is 5.41 Å². The zero-order chi connectivity index (χ0) is 17.3. The summed E-state index contributed by atoms with van der Waals surface area (Å²) >= 11 is 0. The first-order chi connectivity index (χ1) is 12.2. The van der Waals surface area contributed by atoms with Crippen molar-refractivity contribution in [1.29, 1.82) is 0 Å². The van der Waals surface area contributed by atoms with Gasteiger partial charge in [0.25, 0.3) is 0 Å². The standard InChI is InChI=1S/C20H29N3O2/c1-25-18-5-3-2-4-17(18)23-12-8-16(9-13-23)22-19(24)21-14-20(10-11-20)15-6-7-15/h2-5,15-16H,6-14H2,1H3,(H2,21,22,24). The van der Waals surface area contributed by atoms with Crippen LogP contribution in [0.1, 0.15) is 38.5 Å². The van der Waals surface area contributed by atoms with E-state index in [9.17, 15) is 4.79 Å². The molecule has 0 unspecified atom stereocenters. The fraction of sp³-hybridized carbons (Fsp3) is 0.650. The maximum absolute atomic E-state index is 12.2. The summed E-state index contributed by atoms with van der Waals surface area (Å²) in [5.74, 6) is 1.80. The third-order valence-corrected chi connectivity index (χ3v) is 6.19. The van der Waals surface area contributed by atoms with E-state index < -0.39 is 0 Å². The summed E-state index contributed by atoms with van der Waals surface area (Å²) in [5, 5.41) is 6.30. The van der Waals surface area contributed by atoms with Crippen molar-refractivity contribution < 1.29 is 9.53 Å². The van der Waals surface area contributed by atoms with Gasteiger partial charge in [-0.1, -0.05) is 12.1 Å². The zero-order valence-electron chi connectivity index (χ0n) is 15.1. The highest BCUT2D eigenvalue weighted by molar-refractivity contribution is 5.74. The summed E-state index contributed by atoms with van der Waals surface area (Å²) in [5.41, 5.74) is 1.61. The van der Waals surface area contributed by atoms with Crippen LogP contribution in [0.25, 0.3) is 0 Å².